The van der Waals surface area contributed by atoms with E-state index in [-0.39, 0.29) is 11.8 Å². The Balaban J connectivity index is 1.68. The zero-order chi connectivity index (χ0) is 16.6. The number of aryl methyl sites for hydroxylation is 1. The van der Waals surface area contributed by atoms with Crippen molar-refractivity contribution in [3.8, 4) is 0 Å². The van der Waals surface area contributed by atoms with E-state index in [0.29, 0.717) is 36.6 Å². The van der Waals surface area contributed by atoms with Gasteiger partial charge in [0.05, 0.1) is 0 Å². The van der Waals surface area contributed by atoms with Gasteiger partial charge in [0, 0.05) is 36.9 Å². The first-order chi connectivity index (χ1) is 10.9. The molecule has 0 radical (unpaired) electrons. The molecule has 2 fully saturated rings. The molecular formula is C17H22ClN3O2. The Morgan fingerprint density at radius 2 is 1.83 bits per heavy atom. The molecule has 0 aromatic heterocycles. The van der Waals surface area contributed by atoms with E-state index in [0.717, 1.165) is 18.7 Å². The number of nitrogens with zero attached hydrogens (tertiary/aromatic N) is 2. The van der Waals surface area contributed by atoms with E-state index in [9.17, 15) is 9.59 Å². The van der Waals surface area contributed by atoms with Gasteiger partial charge in [0.2, 0.25) is 11.8 Å². The highest BCUT2D eigenvalue weighted by atomic mass is 35.5. The molecule has 0 unspecified atom stereocenters. The van der Waals surface area contributed by atoms with Crippen LogP contribution in [0, 0.1) is 12.3 Å². The van der Waals surface area contributed by atoms with Crippen molar-refractivity contribution in [2.24, 2.45) is 5.41 Å². The van der Waals surface area contributed by atoms with Crippen LogP contribution in [0.25, 0.3) is 0 Å². The van der Waals surface area contributed by atoms with Gasteiger partial charge in [0.1, 0.15) is 5.41 Å². The number of anilines is 1. The van der Waals surface area contributed by atoms with E-state index in [1.165, 1.54) is 0 Å². The largest absolute Gasteiger partial charge is 0.339 e. The second-order valence-corrected chi connectivity index (χ2v) is 7.00. The lowest BCUT2D eigenvalue weighted by molar-refractivity contribution is -0.143. The van der Waals surface area contributed by atoms with Crippen LogP contribution in [0.4, 0.5) is 5.69 Å². The number of carbonyl (C=O) groups is 2. The summed E-state index contributed by atoms with van der Waals surface area (Å²) >= 11 is 6.09. The van der Waals surface area contributed by atoms with Gasteiger partial charge in [-0.3, -0.25) is 9.59 Å². The monoisotopic (exact) mass is 335 g/mol. The second kappa shape index (κ2) is 6.13. The number of carbonyl (C=O) groups excluding carboxylic acids is 2. The Morgan fingerprint density at radius 3 is 2.39 bits per heavy atom. The lowest BCUT2D eigenvalue weighted by Gasteiger charge is -2.34. The molecule has 5 nitrogen and oxygen atoms in total. The summed E-state index contributed by atoms with van der Waals surface area (Å²) in [4.78, 5) is 29.4. The highest BCUT2D eigenvalue weighted by Gasteiger charge is 2.58. The quantitative estimate of drug-likeness (QED) is 0.861. The zero-order valence-electron chi connectivity index (χ0n) is 13.6. The number of halogens is 1. The molecule has 0 spiro atoms. The summed E-state index contributed by atoms with van der Waals surface area (Å²) in [7, 11) is 2.04. The maximum absolute atomic E-state index is 12.8. The summed E-state index contributed by atoms with van der Waals surface area (Å²) in [6, 6.07) is 5.40. The molecule has 1 aliphatic heterocycles. The predicted octanol–water partition coefficient (Wildman–Crippen LogP) is 2.14. The van der Waals surface area contributed by atoms with E-state index in [2.05, 4.69) is 10.2 Å². The van der Waals surface area contributed by atoms with Crippen molar-refractivity contribution in [1.82, 2.24) is 9.80 Å². The van der Waals surface area contributed by atoms with Crippen LogP contribution in [-0.2, 0) is 9.59 Å². The number of hydrogen-bond acceptors (Lipinski definition) is 3. The van der Waals surface area contributed by atoms with Gasteiger partial charge in [0.15, 0.2) is 0 Å². The molecule has 1 saturated carbocycles. The highest BCUT2D eigenvalue weighted by Crippen LogP contribution is 2.48. The number of nitrogens with one attached hydrogen (secondary N) is 1. The van der Waals surface area contributed by atoms with Crippen LogP contribution in [0.1, 0.15) is 18.4 Å². The van der Waals surface area contributed by atoms with Gasteiger partial charge in [-0.15, -0.1) is 0 Å². The number of amides is 2. The number of hydrogen-bond donors (Lipinski definition) is 1. The van der Waals surface area contributed by atoms with Crippen molar-refractivity contribution in [3.63, 3.8) is 0 Å². The molecule has 1 aromatic carbocycles. The fourth-order valence-corrected chi connectivity index (χ4v) is 3.08. The Labute approximate surface area is 141 Å². The van der Waals surface area contributed by atoms with Crippen molar-refractivity contribution < 1.29 is 9.59 Å². The third-order valence-corrected chi connectivity index (χ3v) is 5.22. The maximum atomic E-state index is 12.8. The SMILES string of the molecule is Cc1ccc(NC(=O)C2(C(=O)N3CCN(C)CC3)CC2)cc1Cl. The molecule has 0 bridgehead atoms. The molecule has 3 rings (SSSR count). The van der Waals surface area contributed by atoms with Crippen LogP contribution in [0.5, 0.6) is 0 Å². The van der Waals surface area contributed by atoms with Gasteiger partial charge in [0.25, 0.3) is 0 Å². The summed E-state index contributed by atoms with van der Waals surface area (Å²) in [5.74, 6) is -0.234. The van der Waals surface area contributed by atoms with Crippen molar-refractivity contribution >= 4 is 29.1 Å². The van der Waals surface area contributed by atoms with Gasteiger partial charge in [-0.2, -0.15) is 0 Å². The van der Waals surface area contributed by atoms with Crippen LogP contribution in [-0.4, -0.2) is 54.8 Å². The third kappa shape index (κ3) is 3.21. The smallest absolute Gasteiger partial charge is 0.240 e. The van der Waals surface area contributed by atoms with Gasteiger partial charge in [-0.1, -0.05) is 17.7 Å². The van der Waals surface area contributed by atoms with Gasteiger partial charge in [-0.05, 0) is 44.5 Å². The molecular weight excluding hydrogens is 314 g/mol. The summed E-state index contributed by atoms with van der Waals surface area (Å²) in [6.45, 7) is 5.02. The fraction of sp³-hybridized carbons (Fsp3) is 0.529. The first-order valence-electron chi connectivity index (χ1n) is 7.98. The molecule has 1 heterocycles. The van der Waals surface area contributed by atoms with Crippen molar-refractivity contribution in [2.75, 3.05) is 38.5 Å². The van der Waals surface area contributed by atoms with Gasteiger partial charge < -0.3 is 15.1 Å². The molecule has 1 aliphatic carbocycles. The summed E-state index contributed by atoms with van der Waals surface area (Å²) in [5.41, 5.74) is 0.732. The third-order valence-electron chi connectivity index (χ3n) is 4.81. The van der Waals surface area contributed by atoms with E-state index in [1.807, 2.05) is 31.0 Å². The second-order valence-electron chi connectivity index (χ2n) is 6.60. The Hall–Kier alpha value is -1.59. The van der Waals surface area contributed by atoms with Crippen LogP contribution in [0.2, 0.25) is 5.02 Å². The van der Waals surface area contributed by atoms with Crippen LogP contribution in [0.15, 0.2) is 18.2 Å². The normalized spacial score (nSPS) is 20.2. The highest BCUT2D eigenvalue weighted by molar-refractivity contribution is 6.31. The van der Waals surface area contributed by atoms with Crippen LogP contribution < -0.4 is 5.32 Å². The lowest BCUT2D eigenvalue weighted by Crippen LogP contribution is -2.51. The zero-order valence-corrected chi connectivity index (χ0v) is 14.3. The number of benzene rings is 1. The molecule has 1 N–H and O–H groups in total. The van der Waals surface area contributed by atoms with Gasteiger partial charge in [-0.25, -0.2) is 0 Å². The molecule has 23 heavy (non-hydrogen) atoms. The topological polar surface area (TPSA) is 52.7 Å². The summed E-state index contributed by atoms with van der Waals surface area (Å²) < 4.78 is 0. The first-order valence-corrected chi connectivity index (χ1v) is 8.36. The minimum Gasteiger partial charge on any atom is -0.339 e. The average molecular weight is 336 g/mol. The minimum atomic E-state index is -0.868. The first kappa shape index (κ1) is 16.3. The van der Waals surface area contributed by atoms with Crippen LogP contribution in [0.3, 0.4) is 0 Å². The standard InChI is InChI=1S/C17H22ClN3O2/c1-12-3-4-13(11-14(12)18)19-15(22)17(5-6-17)16(23)21-9-7-20(2)8-10-21/h3-4,11H,5-10H2,1-2H3,(H,19,22). The number of piperazine rings is 1. The number of rotatable bonds is 3. The summed E-state index contributed by atoms with van der Waals surface area (Å²) in [5, 5.41) is 3.47. The molecule has 1 saturated heterocycles. The Kier molecular flexibility index (Phi) is 4.34. The summed E-state index contributed by atoms with van der Waals surface area (Å²) in [6.07, 6.45) is 1.26. The van der Waals surface area contributed by atoms with Crippen molar-refractivity contribution in [1.29, 1.82) is 0 Å². The fourth-order valence-electron chi connectivity index (χ4n) is 2.90. The van der Waals surface area contributed by atoms with E-state index in [1.54, 1.807) is 6.07 Å². The molecule has 1 aromatic rings. The Morgan fingerprint density at radius 1 is 1.17 bits per heavy atom. The lowest BCUT2D eigenvalue weighted by atomic mass is 10.0. The minimum absolute atomic E-state index is 0.0266. The molecule has 124 valence electrons. The molecule has 2 aliphatic rings. The maximum Gasteiger partial charge on any atom is 0.240 e. The Bertz CT molecular complexity index is 635. The average Bonchev–Trinajstić information content (AvgIpc) is 3.33. The molecule has 6 heteroatoms. The molecule has 0 atom stereocenters. The predicted molar refractivity (Wildman–Crippen MR) is 90.6 cm³/mol. The van der Waals surface area contributed by atoms with Gasteiger partial charge >= 0.3 is 0 Å². The van der Waals surface area contributed by atoms with E-state index < -0.39 is 5.41 Å². The van der Waals surface area contributed by atoms with E-state index >= 15 is 0 Å². The number of likely N-dealkylation sites (N-methyl/N-ethyl adjacent to an activating group) is 1. The molecule has 2 amide bonds. The van der Waals surface area contributed by atoms with E-state index in [4.69, 9.17) is 11.6 Å². The van der Waals surface area contributed by atoms with Crippen molar-refractivity contribution in [3.05, 3.63) is 28.8 Å². The van der Waals surface area contributed by atoms with Crippen molar-refractivity contribution in [2.45, 2.75) is 19.8 Å². The van der Waals surface area contributed by atoms with Crippen LogP contribution >= 0.6 is 11.6 Å².